The van der Waals surface area contributed by atoms with Crippen molar-refractivity contribution in [3.63, 3.8) is 0 Å². The van der Waals surface area contributed by atoms with E-state index in [1.165, 1.54) is 24.3 Å². The fourth-order valence-corrected chi connectivity index (χ4v) is 3.00. The summed E-state index contributed by atoms with van der Waals surface area (Å²) in [4.78, 5) is 13.7. The average Bonchev–Trinajstić information content (AvgIpc) is 2.56. The van der Waals surface area contributed by atoms with Gasteiger partial charge in [0.05, 0.1) is 12.2 Å². The maximum absolute atomic E-state index is 9.85. The Morgan fingerprint density at radius 1 is 1.23 bits per heavy atom. The molecule has 2 N–H and O–H groups in total. The quantitative estimate of drug-likeness (QED) is 0.506. The van der Waals surface area contributed by atoms with Crippen molar-refractivity contribution in [1.29, 1.82) is 0 Å². The van der Waals surface area contributed by atoms with E-state index in [1.54, 1.807) is 0 Å². The van der Waals surface area contributed by atoms with E-state index < -0.39 is 0 Å². The summed E-state index contributed by atoms with van der Waals surface area (Å²) in [5.74, 6) is 2.14. The number of hydrogen-bond acceptors (Lipinski definition) is 6. The first-order chi connectivity index (χ1) is 10.6. The fourth-order valence-electron chi connectivity index (χ4n) is 3.00. The van der Waals surface area contributed by atoms with Crippen molar-refractivity contribution in [1.82, 2.24) is 0 Å². The lowest BCUT2D eigenvalue weighted by Gasteiger charge is -2.61. The van der Waals surface area contributed by atoms with Gasteiger partial charge in [-0.3, -0.25) is 0 Å². The van der Waals surface area contributed by atoms with Crippen molar-refractivity contribution < 1.29 is 20.0 Å². The van der Waals surface area contributed by atoms with Crippen LogP contribution in [0.3, 0.4) is 0 Å². The van der Waals surface area contributed by atoms with Crippen LogP contribution in [-0.2, 0) is 4.74 Å². The van der Waals surface area contributed by atoms with Gasteiger partial charge in [0.1, 0.15) is 5.69 Å². The molecule has 0 bridgehead atoms. The molecule has 0 aromatic heterocycles. The monoisotopic (exact) mass is 311 g/mol. The molecule has 6 heteroatoms. The summed E-state index contributed by atoms with van der Waals surface area (Å²) in [5, 5.41) is 19.6. The summed E-state index contributed by atoms with van der Waals surface area (Å²) in [5.41, 5.74) is 0.306. The van der Waals surface area contributed by atoms with Crippen LogP contribution in [0.5, 0.6) is 5.75 Å². The Balaban J connectivity index is 0.000000198. The van der Waals surface area contributed by atoms with E-state index in [0.29, 0.717) is 36.3 Å². The second-order valence-corrected chi connectivity index (χ2v) is 5.27. The highest BCUT2D eigenvalue weighted by molar-refractivity contribution is 5.40. The van der Waals surface area contributed by atoms with E-state index in [2.05, 4.69) is 23.9 Å². The number of rotatable bonds is 3. The van der Waals surface area contributed by atoms with Crippen LogP contribution in [0.2, 0.25) is 0 Å². The lowest BCUT2D eigenvalue weighted by molar-refractivity contribution is -0.298. The van der Waals surface area contributed by atoms with E-state index in [-0.39, 0.29) is 5.75 Å². The lowest BCUT2D eigenvalue weighted by Crippen LogP contribution is -2.66. The van der Waals surface area contributed by atoms with E-state index in [1.807, 2.05) is 13.8 Å². The maximum atomic E-state index is 9.85. The number of hydrogen-bond donors (Lipinski definition) is 2. The van der Waals surface area contributed by atoms with Crippen LogP contribution in [0.1, 0.15) is 27.7 Å². The summed E-state index contributed by atoms with van der Waals surface area (Å²) in [7, 11) is 0. The highest BCUT2D eigenvalue weighted by atomic mass is 17.1. The zero-order valence-electron chi connectivity index (χ0n) is 13.5. The molecule has 1 saturated carbocycles. The van der Waals surface area contributed by atoms with Gasteiger partial charge in [0, 0.05) is 18.4 Å². The topological polar surface area (TPSA) is 88.4 Å². The predicted octanol–water partition coefficient (Wildman–Crippen LogP) is 3.61. The van der Waals surface area contributed by atoms with Crippen molar-refractivity contribution in [3.05, 3.63) is 29.2 Å². The van der Waals surface area contributed by atoms with Crippen molar-refractivity contribution in [3.8, 4) is 5.75 Å². The number of fused-ring (bicyclic) bond motifs is 1. The molecule has 1 aromatic carbocycles. The van der Waals surface area contributed by atoms with Crippen LogP contribution in [0, 0.1) is 22.7 Å². The summed E-state index contributed by atoms with van der Waals surface area (Å²) in [6.45, 7) is 8.63. The van der Waals surface area contributed by atoms with E-state index >= 15 is 0 Å². The Bertz CT molecular complexity index is 438. The largest absolute Gasteiger partial charge is 0.396 e. The van der Waals surface area contributed by atoms with Crippen molar-refractivity contribution >= 4 is 5.69 Å². The fraction of sp³-hybridized carbons (Fsp3) is 0.625. The molecule has 0 amide bonds. The summed E-state index contributed by atoms with van der Waals surface area (Å²) >= 11 is 0. The Kier molecular flexibility index (Phi) is 7.44. The molecular weight excluding hydrogens is 286 g/mol. The molecular formula is C16H25NO5. The van der Waals surface area contributed by atoms with Gasteiger partial charge in [-0.1, -0.05) is 20.8 Å². The third-order valence-electron chi connectivity index (χ3n) is 4.26. The van der Waals surface area contributed by atoms with Gasteiger partial charge in [0.15, 0.2) is 5.75 Å². The number of nitrogens with zero attached hydrogens (tertiary/aromatic N) is 1. The van der Waals surface area contributed by atoms with Crippen LogP contribution >= 0.6 is 0 Å². The Morgan fingerprint density at radius 3 is 2.18 bits per heavy atom. The van der Waals surface area contributed by atoms with Crippen LogP contribution in [0.4, 0.5) is 5.69 Å². The Hall–Kier alpha value is -1.50. The van der Waals surface area contributed by atoms with E-state index in [4.69, 9.17) is 15.1 Å². The molecule has 6 nitrogen and oxygen atoms in total. The number of aliphatic hydroxyl groups excluding tert-OH is 1. The molecule has 1 aliphatic heterocycles. The summed E-state index contributed by atoms with van der Waals surface area (Å²) in [6.07, 6.45) is 0.845. The minimum absolute atomic E-state index is 0.285. The molecule has 1 heterocycles. The Morgan fingerprint density at radius 2 is 1.82 bits per heavy atom. The second kappa shape index (κ2) is 8.82. The SMILES string of the molecule is CC.CC1OC2C(CO)C(C)C12.O=Nc1ccc(OO)cc1. The molecule has 22 heavy (non-hydrogen) atoms. The van der Waals surface area contributed by atoms with Gasteiger partial charge < -0.3 is 14.7 Å². The van der Waals surface area contributed by atoms with Gasteiger partial charge in [0.25, 0.3) is 0 Å². The zero-order chi connectivity index (χ0) is 16.7. The molecule has 3 rings (SSSR count). The van der Waals surface area contributed by atoms with Crippen molar-refractivity contribution in [2.24, 2.45) is 22.9 Å². The third-order valence-corrected chi connectivity index (χ3v) is 4.26. The molecule has 5 unspecified atom stereocenters. The van der Waals surface area contributed by atoms with Gasteiger partial charge in [-0.15, -0.1) is 4.91 Å². The smallest absolute Gasteiger partial charge is 0.165 e. The normalized spacial score (nSPS) is 30.9. The van der Waals surface area contributed by atoms with Gasteiger partial charge >= 0.3 is 0 Å². The molecule has 1 saturated heterocycles. The number of nitroso groups, excluding NO2 is 1. The van der Waals surface area contributed by atoms with Crippen LogP contribution in [-0.4, -0.2) is 29.2 Å². The van der Waals surface area contributed by atoms with Gasteiger partial charge in [-0.25, -0.2) is 5.26 Å². The minimum Gasteiger partial charge on any atom is -0.396 e. The van der Waals surface area contributed by atoms with E-state index in [9.17, 15) is 4.91 Å². The van der Waals surface area contributed by atoms with Crippen LogP contribution < -0.4 is 4.89 Å². The average molecular weight is 311 g/mol. The van der Waals surface area contributed by atoms with Gasteiger partial charge in [-0.05, 0) is 42.3 Å². The molecule has 2 fully saturated rings. The maximum Gasteiger partial charge on any atom is 0.165 e. The highest BCUT2D eigenvalue weighted by Crippen LogP contribution is 2.52. The highest BCUT2D eigenvalue weighted by Gasteiger charge is 2.58. The zero-order valence-corrected chi connectivity index (χ0v) is 13.5. The van der Waals surface area contributed by atoms with Crippen molar-refractivity contribution in [2.75, 3.05) is 6.61 Å². The molecule has 124 valence electrons. The summed E-state index contributed by atoms with van der Waals surface area (Å²) < 4.78 is 5.45. The van der Waals surface area contributed by atoms with Crippen LogP contribution in [0.15, 0.2) is 29.4 Å². The van der Waals surface area contributed by atoms with Crippen molar-refractivity contribution in [2.45, 2.75) is 39.9 Å². The predicted molar refractivity (Wildman–Crippen MR) is 84.1 cm³/mol. The van der Waals surface area contributed by atoms with E-state index in [0.717, 1.165) is 5.92 Å². The molecule has 2 aliphatic rings. The first kappa shape index (κ1) is 18.5. The Labute approximate surface area is 131 Å². The summed E-state index contributed by atoms with van der Waals surface area (Å²) in [6, 6.07) is 5.77. The third kappa shape index (κ3) is 3.82. The molecule has 1 aliphatic carbocycles. The number of ether oxygens (including phenoxy) is 1. The number of benzene rings is 1. The molecule has 0 spiro atoms. The standard InChI is InChI=1S/C8H14O2.C6H5NO3.C2H6/c1-4-6(3-9)8-7(4)5(2)10-8;8-7-5-1-3-6(10-9)4-2-5;1-2/h4-9H,3H2,1-2H3;1-4,9H;1-2H3. The van der Waals surface area contributed by atoms with Gasteiger partial charge in [0.2, 0.25) is 0 Å². The van der Waals surface area contributed by atoms with Crippen LogP contribution in [0.25, 0.3) is 0 Å². The lowest BCUT2D eigenvalue weighted by atomic mass is 9.58. The second-order valence-electron chi connectivity index (χ2n) is 5.27. The first-order valence-electron chi connectivity index (χ1n) is 7.63. The first-order valence-corrected chi connectivity index (χ1v) is 7.63. The minimum atomic E-state index is 0.285. The molecule has 0 radical (unpaired) electrons. The molecule has 5 atom stereocenters. The van der Waals surface area contributed by atoms with Gasteiger partial charge in [-0.2, -0.15) is 0 Å². The molecule has 1 aromatic rings. The number of aliphatic hydroxyl groups is 1.